The van der Waals surface area contributed by atoms with E-state index in [-0.39, 0.29) is 11.7 Å². The molecule has 72 valence electrons. The van der Waals surface area contributed by atoms with Crippen LogP contribution in [0.4, 0.5) is 0 Å². The molecule has 0 aromatic heterocycles. The number of nitrogens with two attached hydrogens (primary N) is 2. The van der Waals surface area contributed by atoms with Crippen LogP contribution < -0.4 is 16.9 Å². The van der Waals surface area contributed by atoms with Crippen molar-refractivity contribution < 1.29 is 0 Å². The van der Waals surface area contributed by atoms with E-state index in [4.69, 9.17) is 11.6 Å². The predicted octanol–water partition coefficient (Wildman–Crippen LogP) is -0.391. The predicted molar refractivity (Wildman–Crippen MR) is 50.2 cm³/mol. The molecule has 1 rings (SSSR count). The van der Waals surface area contributed by atoms with Crippen molar-refractivity contribution in [2.75, 3.05) is 13.1 Å². The number of hydrazine groups is 1. The summed E-state index contributed by atoms with van der Waals surface area (Å²) in [5, 5.41) is 5.13. The van der Waals surface area contributed by atoms with Crippen molar-refractivity contribution >= 4 is 0 Å². The van der Waals surface area contributed by atoms with Gasteiger partial charge in [-0.3, -0.25) is 5.84 Å². The first-order valence-electron chi connectivity index (χ1n) is 4.66. The third-order valence-electron chi connectivity index (χ3n) is 3.03. The minimum Gasteiger partial charge on any atom is -0.314 e. The molecule has 1 aliphatic rings. The molecule has 12 heavy (non-hydrogen) atoms. The molecule has 0 bridgehead atoms. The number of nitrogens with one attached hydrogen (secondary N) is 1. The van der Waals surface area contributed by atoms with Gasteiger partial charge in [-0.1, -0.05) is 13.8 Å². The van der Waals surface area contributed by atoms with E-state index in [1.807, 2.05) is 5.01 Å². The van der Waals surface area contributed by atoms with Gasteiger partial charge in [0, 0.05) is 18.6 Å². The van der Waals surface area contributed by atoms with Gasteiger partial charge in [0.05, 0.1) is 6.17 Å². The Hall–Kier alpha value is -0.160. The fraction of sp³-hybridized carbons (Fsp3) is 1.00. The van der Waals surface area contributed by atoms with E-state index in [0.29, 0.717) is 0 Å². The third-order valence-corrected chi connectivity index (χ3v) is 3.03. The quantitative estimate of drug-likeness (QED) is 0.496. The Balaban J connectivity index is 2.71. The molecule has 5 N–H and O–H groups in total. The van der Waals surface area contributed by atoms with E-state index in [2.05, 4.69) is 19.2 Å². The molecule has 1 fully saturated rings. The van der Waals surface area contributed by atoms with Crippen molar-refractivity contribution in [2.24, 2.45) is 11.6 Å². The number of hydrogen-bond acceptors (Lipinski definition) is 4. The van der Waals surface area contributed by atoms with Gasteiger partial charge in [0.25, 0.3) is 0 Å². The first-order valence-corrected chi connectivity index (χ1v) is 4.66. The average molecular weight is 172 g/mol. The monoisotopic (exact) mass is 172 g/mol. The summed E-state index contributed by atoms with van der Waals surface area (Å²) in [6.07, 6.45) is 2.04. The zero-order valence-electron chi connectivity index (χ0n) is 8.01. The third kappa shape index (κ3) is 1.47. The van der Waals surface area contributed by atoms with Crippen LogP contribution >= 0.6 is 0 Å². The molecule has 0 amide bonds. The van der Waals surface area contributed by atoms with Gasteiger partial charge in [0.1, 0.15) is 0 Å². The first-order chi connectivity index (χ1) is 5.66. The Labute approximate surface area is 74.2 Å². The molecule has 1 heterocycles. The molecule has 0 radical (unpaired) electrons. The van der Waals surface area contributed by atoms with E-state index in [0.717, 1.165) is 25.9 Å². The van der Waals surface area contributed by atoms with Crippen LogP contribution in [-0.2, 0) is 0 Å². The topological polar surface area (TPSA) is 67.3 Å². The molecule has 4 heteroatoms. The first kappa shape index (κ1) is 9.92. The van der Waals surface area contributed by atoms with Crippen LogP contribution in [0, 0.1) is 0 Å². The van der Waals surface area contributed by atoms with Crippen LogP contribution in [0.3, 0.4) is 0 Å². The molecule has 0 aliphatic carbocycles. The second-order valence-corrected chi connectivity index (χ2v) is 3.54. The van der Waals surface area contributed by atoms with E-state index in [1.165, 1.54) is 0 Å². The van der Waals surface area contributed by atoms with Crippen LogP contribution in [0.15, 0.2) is 0 Å². The number of hydrogen-bond donors (Lipinski definition) is 3. The summed E-state index contributed by atoms with van der Waals surface area (Å²) in [5.41, 5.74) is 5.91. The average Bonchev–Trinajstić information content (AvgIpc) is 2.11. The van der Waals surface area contributed by atoms with E-state index < -0.39 is 0 Å². The standard InChI is InChI=1S/C8H20N4/c1-3-8(4-2)6-11-5-7(9)12(8)10/h7,11H,3-6,9-10H2,1-2H3. The summed E-state index contributed by atoms with van der Waals surface area (Å²) in [7, 11) is 0. The van der Waals surface area contributed by atoms with Crippen molar-refractivity contribution in [3.05, 3.63) is 0 Å². The highest BCUT2D eigenvalue weighted by atomic mass is 15.5. The van der Waals surface area contributed by atoms with Crippen molar-refractivity contribution in [1.82, 2.24) is 10.3 Å². The lowest BCUT2D eigenvalue weighted by molar-refractivity contribution is 0.00731. The molecule has 1 atom stereocenters. The van der Waals surface area contributed by atoms with E-state index in [1.54, 1.807) is 0 Å². The normalized spacial score (nSPS) is 30.5. The van der Waals surface area contributed by atoms with Gasteiger partial charge in [-0.05, 0) is 12.8 Å². The summed E-state index contributed by atoms with van der Waals surface area (Å²) < 4.78 is 0. The molecule has 1 saturated heterocycles. The van der Waals surface area contributed by atoms with Crippen molar-refractivity contribution in [1.29, 1.82) is 0 Å². The zero-order chi connectivity index (χ0) is 9.19. The smallest absolute Gasteiger partial charge is 0.0838 e. The highest BCUT2D eigenvalue weighted by molar-refractivity contribution is 4.94. The van der Waals surface area contributed by atoms with Crippen molar-refractivity contribution in [2.45, 2.75) is 38.4 Å². The van der Waals surface area contributed by atoms with Gasteiger partial charge in [0.15, 0.2) is 0 Å². The van der Waals surface area contributed by atoms with Crippen LogP contribution in [0.1, 0.15) is 26.7 Å². The van der Waals surface area contributed by atoms with Crippen molar-refractivity contribution in [3.63, 3.8) is 0 Å². The summed E-state index contributed by atoms with van der Waals surface area (Å²) in [4.78, 5) is 0. The van der Waals surface area contributed by atoms with Gasteiger partial charge in [-0.25, -0.2) is 5.01 Å². The molecule has 0 spiro atoms. The summed E-state index contributed by atoms with van der Waals surface area (Å²) in [6, 6.07) is 0. The zero-order valence-corrected chi connectivity index (χ0v) is 8.01. The Morgan fingerprint density at radius 1 is 1.50 bits per heavy atom. The maximum Gasteiger partial charge on any atom is 0.0838 e. The lowest BCUT2D eigenvalue weighted by atomic mass is 9.89. The van der Waals surface area contributed by atoms with Gasteiger partial charge < -0.3 is 11.1 Å². The molecule has 0 aromatic rings. The van der Waals surface area contributed by atoms with Crippen LogP contribution in [-0.4, -0.2) is 29.8 Å². The highest BCUT2D eigenvalue weighted by Crippen LogP contribution is 2.23. The molecular formula is C8H20N4. The Kier molecular flexibility index (Phi) is 3.06. The van der Waals surface area contributed by atoms with Crippen molar-refractivity contribution in [3.8, 4) is 0 Å². The summed E-state index contributed by atoms with van der Waals surface area (Å²) >= 11 is 0. The fourth-order valence-electron chi connectivity index (χ4n) is 1.86. The van der Waals surface area contributed by atoms with Gasteiger partial charge in [0.2, 0.25) is 0 Å². The second-order valence-electron chi connectivity index (χ2n) is 3.54. The highest BCUT2D eigenvalue weighted by Gasteiger charge is 2.37. The SMILES string of the molecule is CCC1(CC)CNCC(N)N1N. The fourth-order valence-corrected chi connectivity index (χ4v) is 1.86. The maximum atomic E-state index is 5.95. The minimum absolute atomic E-state index is 0.0429. The lowest BCUT2D eigenvalue weighted by Crippen LogP contribution is -2.70. The number of rotatable bonds is 2. The minimum atomic E-state index is -0.0429. The van der Waals surface area contributed by atoms with E-state index in [9.17, 15) is 0 Å². The molecule has 1 aliphatic heterocycles. The summed E-state index contributed by atoms with van der Waals surface area (Å²) in [5.74, 6) is 5.95. The second kappa shape index (κ2) is 3.70. The van der Waals surface area contributed by atoms with E-state index >= 15 is 0 Å². The molecule has 1 unspecified atom stereocenters. The van der Waals surface area contributed by atoms with Gasteiger partial charge >= 0.3 is 0 Å². The van der Waals surface area contributed by atoms with Crippen LogP contribution in [0.25, 0.3) is 0 Å². The molecule has 4 nitrogen and oxygen atoms in total. The van der Waals surface area contributed by atoms with Crippen LogP contribution in [0.2, 0.25) is 0 Å². The maximum absolute atomic E-state index is 5.95. The Morgan fingerprint density at radius 3 is 2.50 bits per heavy atom. The van der Waals surface area contributed by atoms with Gasteiger partial charge in [-0.15, -0.1) is 0 Å². The number of piperazine rings is 1. The van der Waals surface area contributed by atoms with Crippen LogP contribution in [0.5, 0.6) is 0 Å². The lowest BCUT2D eigenvalue weighted by Gasteiger charge is -2.47. The Bertz CT molecular complexity index is 144. The molecular weight excluding hydrogens is 152 g/mol. The van der Waals surface area contributed by atoms with Gasteiger partial charge in [-0.2, -0.15) is 0 Å². The summed E-state index contributed by atoms with van der Waals surface area (Å²) in [6.45, 7) is 6.05. The largest absolute Gasteiger partial charge is 0.314 e. The molecule has 0 saturated carbocycles. The number of nitrogens with zero attached hydrogens (tertiary/aromatic N) is 1. The Morgan fingerprint density at radius 2 is 2.08 bits per heavy atom. The molecule has 0 aromatic carbocycles.